The highest BCUT2D eigenvalue weighted by atomic mass is 31.1. The number of amides is 1. The van der Waals surface area contributed by atoms with E-state index in [1.807, 2.05) is 29.8 Å². The predicted octanol–water partition coefficient (Wildman–Crippen LogP) is 5.51. The van der Waals surface area contributed by atoms with Crippen molar-refractivity contribution in [2.45, 2.75) is 50.9 Å². The van der Waals surface area contributed by atoms with Gasteiger partial charge in [-0.05, 0) is 72.9 Å². The molecular weight excluding hydrogens is 424 g/mol. The molecule has 6 heteroatoms. The largest absolute Gasteiger partial charge is 0.497 e. The van der Waals surface area contributed by atoms with E-state index >= 15 is 0 Å². The number of ether oxygens (including phenoxy) is 1. The highest BCUT2D eigenvalue weighted by Gasteiger charge is 2.26. The van der Waals surface area contributed by atoms with Crippen LogP contribution in [0.5, 0.6) is 5.75 Å². The topological polar surface area (TPSA) is 49.8 Å². The number of likely N-dealkylation sites (tertiary alicyclic amines) is 1. The Balaban J connectivity index is 0.000000887. The minimum absolute atomic E-state index is 0.111. The number of hydrogen-bond acceptors (Lipinski definition) is 3. The van der Waals surface area contributed by atoms with Gasteiger partial charge in [0.2, 0.25) is 5.91 Å². The number of carbonyl (C=O) groups excluding carboxylic acids is 1. The number of aryl methyl sites for hydroxylation is 1. The average Bonchev–Trinajstić information content (AvgIpc) is 3.68. The summed E-state index contributed by atoms with van der Waals surface area (Å²) >= 11 is 0. The third-order valence-electron chi connectivity index (χ3n) is 5.92. The van der Waals surface area contributed by atoms with Crippen molar-refractivity contribution in [1.29, 1.82) is 0 Å². The van der Waals surface area contributed by atoms with Crippen LogP contribution in [0.2, 0.25) is 0 Å². The van der Waals surface area contributed by atoms with Crippen molar-refractivity contribution in [3.05, 3.63) is 65.0 Å². The van der Waals surface area contributed by atoms with Gasteiger partial charge >= 0.3 is 0 Å². The van der Waals surface area contributed by atoms with E-state index in [1.54, 1.807) is 19.2 Å². The Bertz CT molecular complexity index is 876. The molecule has 1 saturated heterocycles. The SMILES string of the molecule is C1CC1.COc1ccc(F)c(C2CCN(C(=O)Cc3cccc(CCP(C)O)c3)CC2)c1. The number of methoxy groups -OCH3 is 1. The van der Waals surface area contributed by atoms with E-state index in [0.29, 0.717) is 30.8 Å². The van der Waals surface area contributed by atoms with E-state index in [9.17, 15) is 14.1 Å². The Kier molecular flexibility index (Phi) is 9.50. The zero-order valence-corrected chi connectivity index (χ0v) is 20.1. The van der Waals surface area contributed by atoms with Gasteiger partial charge in [0.05, 0.1) is 13.5 Å². The molecule has 32 heavy (non-hydrogen) atoms. The van der Waals surface area contributed by atoms with Crippen LogP contribution in [0.25, 0.3) is 0 Å². The van der Waals surface area contributed by atoms with Gasteiger partial charge in [0.25, 0.3) is 0 Å². The van der Waals surface area contributed by atoms with Gasteiger partial charge in [-0.2, -0.15) is 0 Å². The molecule has 2 aliphatic rings. The smallest absolute Gasteiger partial charge is 0.226 e. The Labute approximate surface area is 192 Å². The lowest BCUT2D eigenvalue weighted by molar-refractivity contribution is -0.131. The van der Waals surface area contributed by atoms with Gasteiger partial charge in [-0.15, -0.1) is 0 Å². The fraction of sp³-hybridized carbons (Fsp3) is 0.500. The van der Waals surface area contributed by atoms with Crippen LogP contribution in [0.3, 0.4) is 0 Å². The molecule has 1 aliphatic heterocycles. The van der Waals surface area contributed by atoms with Gasteiger partial charge in [0.15, 0.2) is 0 Å². The van der Waals surface area contributed by atoms with Crippen LogP contribution >= 0.6 is 8.15 Å². The molecule has 2 aromatic carbocycles. The molecule has 0 spiro atoms. The third kappa shape index (κ3) is 7.86. The molecule has 1 N–H and O–H groups in total. The van der Waals surface area contributed by atoms with Crippen molar-refractivity contribution in [3.63, 3.8) is 0 Å². The van der Waals surface area contributed by atoms with Crippen molar-refractivity contribution in [2.75, 3.05) is 33.0 Å². The normalized spacial score (nSPS) is 16.7. The molecule has 0 radical (unpaired) electrons. The van der Waals surface area contributed by atoms with Gasteiger partial charge in [0.1, 0.15) is 11.6 Å². The number of carbonyl (C=O) groups is 1. The van der Waals surface area contributed by atoms with Crippen molar-refractivity contribution >= 4 is 14.1 Å². The predicted molar refractivity (Wildman–Crippen MR) is 129 cm³/mol. The van der Waals surface area contributed by atoms with E-state index in [1.165, 1.54) is 25.3 Å². The number of nitrogens with zero attached hydrogens (tertiary/aromatic N) is 1. The first-order chi connectivity index (χ1) is 15.5. The van der Waals surface area contributed by atoms with Crippen molar-refractivity contribution < 1.29 is 18.8 Å². The molecule has 1 aliphatic carbocycles. The fourth-order valence-electron chi connectivity index (χ4n) is 3.87. The van der Waals surface area contributed by atoms with Crippen LogP contribution in [0.1, 0.15) is 54.7 Å². The lowest BCUT2D eigenvalue weighted by Crippen LogP contribution is -2.38. The minimum atomic E-state index is -0.900. The summed E-state index contributed by atoms with van der Waals surface area (Å²) in [7, 11) is 0.682. The lowest BCUT2D eigenvalue weighted by atomic mass is 9.88. The van der Waals surface area contributed by atoms with Crippen molar-refractivity contribution in [2.24, 2.45) is 0 Å². The van der Waals surface area contributed by atoms with E-state index in [-0.39, 0.29) is 17.6 Å². The zero-order chi connectivity index (χ0) is 22.9. The second-order valence-corrected chi connectivity index (χ2v) is 10.5. The molecule has 1 heterocycles. The number of rotatable bonds is 7. The number of hydrogen-bond donors (Lipinski definition) is 1. The maximum atomic E-state index is 14.2. The van der Waals surface area contributed by atoms with Crippen LogP contribution in [-0.2, 0) is 17.6 Å². The molecule has 1 atom stereocenters. The molecule has 2 fully saturated rings. The van der Waals surface area contributed by atoms with Gasteiger partial charge in [-0.3, -0.25) is 4.79 Å². The molecule has 174 valence electrons. The highest BCUT2D eigenvalue weighted by Crippen LogP contribution is 2.32. The molecule has 0 aromatic heterocycles. The molecule has 1 amide bonds. The first kappa shape index (κ1) is 24.7. The summed E-state index contributed by atoms with van der Waals surface area (Å²) in [6.07, 6.45) is 8.00. The summed E-state index contributed by atoms with van der Waals surface area (Å²) in [6, 6.07) is 12.9. The number of benzene rings is 2. The molecule has 0 bridgehead atoms. The molecule has 1 unspecified atom stereocenters. The number of halogens is 1. The summed E-state index contributed by atoms with van der Waals surface area (Å²) in [5.41, 5.74) is 2.85. The number of piperidine rings is 1. The summed E-state index contributed by atoms with van der Waals surface area (Å²) in [4.78, 5) is 24.2. The second-order valence-electron chi connectivity index (χ2n) is 8.73. The summed E-state index contributed by atoms with van der Waals surface area (Å²) < 4.78 is 19.5. The monoisotopic (exact) mass is 459 g/mol. The third-order valence-corrected chi connectivity index (χ3v) is 6.79. The maximum Gasteiger partial charge on any atom is 0.226 e. The van der Waals surface area contributed by atoms with Crippen LogP contribution in [0.15, 0.2) is 42.5 Å². The average molecular weight is 460 g/mol. The van der Waals surface area contributed by atoms with Crippen LogP contribution in [0, 0.1) is 5.82 Å². The summed E-state index contributed by atoms with van der Waals surface area (Å²) in [6.45, 7) is 3.14. The Morgan fingerprint density at radius 2 is 1.81 bits per heavy atom. The van der Waals surface area contributed by atoms with Crippen LogP contribution < -0.4 is 4.74 Å². The quantitative estimate of drug-likeness (QED) is 0.555. The summed E-state index contributed by atoms with van der Waals surface area (Å²) in [5, 5.41) is 0. The maximum absolute atomic E-state index is 14.2. The second kappa shape index (κ2) is 12.3. The van der Waals surface area contributed by atoms with Crippen molar-refractivity contribution in [3.8, 4) is 5.75 Å². The fourth-order valence-corrected chi connectivity index (χ4v) is 4.46. The molecule has 2 aromatic rings. The van der Waals surface area contributed by atoms with Gasteiger partial charge in [-0.25, -0.2) is 4.39 Å². The van der Waals surface area contributed by atoms with Gasteiger partial charge < -0.3 is 14.5 Å². The standard InChI is InChI=1S/C23H29FNO3P.C3H6/c1-28-20-6-7-22(24)21(16-20)19-8-11-25(12-9-19)23(26)15-18-5-3-4-17(14-18)10-13-29(2)27;1-2-3-1/h3-7,14,16,19,27H,8-13,15H2,1-2H3;1-3H2. The first-order valence-electron chi connectivity index (χ1n) is 11.6. The first-order valence-corrected chi connectivity index (χ1v) is 13.5. The van der Waals surface area contributed by atoms with E-state index in [2.05, 4.69) is 6.07 Å². The molecule has 4 nitrogen and oxygen atoms in total. The Hall–Kier alpha value is -1.97. The summed E-state index contributed by atoms with van der Waals surface area (Å²) in [5.74, 6) is 0.689. The van der Waals surface area contributed by atoms with Crippen LogP contribution in [0.4, 0.5) is 4.39 Å². The molecule has 1 saturated carbocycles. The van der Waals surface area contributed by atoms with Crippen molar-refractivity contribution in [1.82, 2.24) is 4.90 Å². The van der Waals surface area contributed by atoms with E-state index < -0.39 is 8.15 Å². The van der Waals surface area contributed by atoms with Gasteiger partial charge in [0, 0.05) is 21.2 Å². The van der Waals surface area contributed by atoms with Gasteiger partial charge in [-0.1, -0.05) is 43.5 Å². The highest BCUT2D eigenvalue weighted by molar-refractivity contribution is 7.50. The Morgan fingerprint density at radius 1 is 1.12 bits per heavy atom. The minimum Gasteiger partial charge on any atom is -0.497 e. The zero-order valence-electron chi connectivity index (χ0n) is 19.2. The van der Waals surface area contributed by atoms with E-state index in [0.717, 1.165) is 36.6 Å². The molecule has 4 rings (SSSR count). The van der Waals surface area contributed by atoms with E-state index in [4.69, 9.17) is 4.74 Å². The lowest BCUT2D eigenvalue weighted by Gasteiger charge is -2.32. The van der Waals surface area contributed by atoms with Crippen LogP contribution in [-0.4, -0.2) is 48.7 Å². The molecular formula is C26H35FNO3P. The Morgan fingerprint density at radius 3 is 2.44 bits per heavy atom.